The molecule has 0 aliphatic heterocycles. The first-order valence-corrected chi connectivity index (χ1v) is 6.68. The molecule has 0 aromatic carbocycles. The lowest BCUT2D eigenvalue weighted by molar-refractivity contribution is 0.407. The molecule has 5 heteroatoms. The van der Waals surface area contributed by atoms with Crippen LogP contribution in [0.25, 0.3) is 0 Å². The summed E-state index contributed by atoms with van der Waals surface area (Å²) in [5.41, 5.74) is 1.93. The topological polar surface area (TPSA) is 56.3 Å². The fourth-order valence-electron chi connectivity index (χ4n) is 1.85. The Morgan fingerprint density at radius 2 is 2.13 bits per heavy atom. The molecule has 1 aliphatic carbocycles. The average molecular weight is 227 g/mol. The first-order chi connectivity index (χ1) is 7.02. The fourth-order valence-corrected chi connectivity index (χ4v) is 2.45. The molecule has 0 fully saturated rings. The summed E-state index contributed by atoms with van der Waals surface area (Å²) in [5, 5.41) is 0.111. The van der Waals surface area contributed by atoms with Crippen LogP contribution in [0.15, 0.2) is 11.1 Å². The average Bonchev–Trinajstić information content (AvgIpc) is 2.62. The van der Waals surface area contributed by atoms with Gasteiger partial charge in [0, 0.05) is 23.6 Å². The second-order valence-corrected chi connectivity index (χ2v) is 5.68. The first kappa shape index (κ1) is 10.4. The van der Waals surface area contributed by atoms with E-state index in [9.17, 15) is 8.42 Å². The van der Waals surface area contributed by atoms with Crippen molar-refractivity contribution < 1.29 is 13.2 Å². The SMILES string of the molecule is COc1cc(S(C)(=O)=O)nc2c1CCC2. The van der Waals surface area contributed by atoms with E-state index in [4.69, 9.17) is 4.74 Å². The van der Waals surface area contributed by atoms with E-state index in [0.29, 0.717) is 5.75 Å². The molecule has 2 rings (SSSR count). The summed E-state index contributed by atoms with van der Waals surface area (Å²) in [6.07, 6.45) is 3.95. The zero-order valence-electron chi connectivity index (χ0n) is 8.78. The predicted octanol–water partition coefficient (Wildman–Crippen LogP) is 0.982. The van der Waals surface area contributed by atoms with Gasteiger partial charge in [0.05, 0.1) is 7.11 Å². The lowest BCUT2D eigenvalue weighted by Crippen LogP contribution is -2.04. The van der Waals surface area contributed by atoms with Crippen molar-refractivity contribution in [1.29, 1.82) is 0 Å². The van der Waals surface area contributed by atoms with E-state index in [1.54, 1.807) is 7.11 Å². The van der Waals surface area contributed by atoms with Gasteiger partial charge in [-0.25, -0.2) is 13.4 Å². The van der Waals surface area contributed by atoms with Gasteiger partial charge in [-0.05, 0) is 19.3 Å². The third-order valence-corrected chi connectivity index (χ3v) is 3.55. The van der Waals surface area contributed by atoms with E-state index in [-0.39, 0.29) is 5.03 Å². The zero-order valence-corrected chi connectivity index (χ0v) is 9.60. The number of ether oxygens (including phenoxy) is 1. The van der Waals surface area contributed by atoms with Gasteiger partial charge in [0.15, 0.2) is 14.9 Å². The smallest absolute Gasteiger partial charge is 0.192 e. The molecular formula is C10H13NO3S. The molecule has 0 saturated heterocycles. The van der Waals surface area contributed by atoms with Crippen LogP contribution in [0.3, 0.4) is 0 Å². The van der Waals surface area contributed by atoms with Crippen molar-refractivity contribution in [3.8, 4) is 5.75 Å². The number of rotatable bonds is 2. The Bertz CT molecular complexity index is 494. The largest absolute Gasteiger partial charge is 0.496 e. The molecule has 0 unspecified atom stereocenters. The molecule has 1 aliphatic rings. The molecule has 0 spiro atoms. The molecule has 1 aromatic rings. The number of hydrogen-bond acceptors (Lipinski definition) is 4. The summed E-state index contributed by atoms with van der Waals surface area (Å²) >= 11 is 0. The Hall–Kier alpha value is -1.10. The van der Waals surface area contributed by atoms with E-state index in [1.165, 1.54) is 6.07 Å². The van der Waals surface area contributed by atoms with Crippen LogP contribution in [0.5, 0.6) is 5.75 Å². The maximum atomic E-state index is 11.4. The fraction of sp³-hybridized carbons (Fsp3) is 0.500. The van der Waals surface area contributed by atoms with Gasteiger partial charge in [-0.1, -0.05) is 0 Å². The van der Waals surface area contributed by atoms with Gasteiger partial charge in [-0.3, -0.25) is 0 Å². The quantitative estimate of drug-likeness (QED) is 0.755. The Kier molecular flexibility index (Phi) is 2.42. The number of hydrogen-bond donors (Lipinski definition) is 0. The minimum atomic E-state index is -3.25. The number of nitrogens with zero attached hydrogens (tertiary/aromatic N) is 1. The van der Waals surface area contributed by atoms with Crippen molar-refractivity contribution in [3.05, 3.63) is 17.3 Å². The van der Waals surface area contributed by atoms with Crippen LogP contribution in [-0.2, 0) is 22.7 Å². The van der Waals surface area contributed by atoms with Crippen molar-refractivity contribution in [2.75, 3.05) is 13.4 Å². The molecule has 82 valence electrons. The molecule has 0 bridgehead atoms. The second-order valence-electron chi connectivity index (χ2n) is 3.71. The van der Waals surface area contributed by atoms with Crippen LogP contribution < -0.4 is 4.74 Å². The highest BCUT2D eigenvalue weighted by atomic mass is 32.2. The molecular weight excluding hydrogens is 214 g/mol. The van der Waals surface area contributed by atoms with E-state index < -0.39 is 9.84 Å². The highest BCUT2D eigenvalue weighted by Crippen LogP contribution is 2.30. The van der Waals surface area contributed by atoms with Gasteiger partial charge in [0.2, 0.25) is 0 Å². The number of fused-ring (bicyclic) bond motifs is 1. The number of aryl methyl sites for hydroxylation is 1. The van der Waals surface area contributed by atoms with Gasteiger partial charge in [0.25, 0.3) is 0 Å². The normalized spacial score (nSPS) is 15.1. The van der Waals surface area contributed by atoms with Crippen molar-refractivity contribution in [1.82, 2.24) is 4.98 Å². The number of methoxy groups -OCH3 is 1. The maximum Gasteiger partial charge on any atom is 0.192 e. The summed E-state index contributed by atoms with van der Waals surface area (Å²) in [4.78, 5) is 4.17. The van der Waals surface area contributed by atoms with Gasteiger partial charge in [0.1, 0.15) is 5.75 Å². The third-order valence-electron chi connectivity index (χ3n) is 2.59. The van der Waals surface area contributed by atoms with Crippen LogP contribution in [0.4, 0.5) is 0 Å². The minimum Gasteiger partial charge on any atom is -0.496 e. The van der Waals surface area contributed by atoms with Crippen LogP contribution in [-0.4, -0.2) is 26.8 Å². The summed E-state index contributed by atoms with van der Waals surface area (Å²) in [6, 6.07) is 1.51. The maximum absolute atomic E-state index is 11.4. The molecule has 0 radical (unpaired) electrons. The van der Waals surface area contributed by atoms with E-state index in [1.807, 2.05) is 0 Å². The predicted molar refractivity (Wildman–Crippen MR) is 55.9 cm³/mol. The monoisotopic (exact) mass is 227 g/mol. The lowest BCUT2D eigenvalue weighted by atomic mass is 10.2. The van der Waals surface area contributed by atoms with Crippen LogP contribution in [0.1, 0.15) is 17.7 Å². The number of sulfone groups is 1. The van der Waals surface area contributed by atoms with Crippen molar-refractivity contribution in [3.63, 3.8) is 0 Å². The van der Waals surface area contributed by atoms with Crippen molar-refractivity contribution in [2.45, 2.75) is 24.3 Å². The van der Waals surface area contributed by atoms with Gasteiger partial charge >= 0.3 is 0 Å². The second kappa shape index (κ2) is 3.48. The zero-order chi connectivity index (χ0) is 11.1. The Morgan fingerprint density at radius 3 is 2.73 bits per heavy atom. The third kappa shape index (κ3) is 1.84. The minimum absolute atomic E-state index is 0.111. The standard InChI is InChI=1S/C10H13NO3S/c1-14-9-6-10(15(2,12)13)11-8-5-3-4-7(8)9/h6H,3-5H2,1-2H3. The molecule has 0 N–H and O–H groups in total. The lowest BCUT2D eigenvalue weighted by Gasteiger charge is -2.08. The molecule has 0 atom stereocenters. The summed E-state index contributed by atoms with van der Waals surface area (Å²) in [7, 11) is -1.69. The van der Waals surface area contributed by atoms with Gasteiger partial charge < -0.3 is 4.74 Å². The van der Waals surface area contributed by atoms with Crippen LogP contribution >= 0.6 is 0 Å². The Labute approximate surface area is 89.2 Å². The van der Waals surface area contributed by atoms with E-state index in [2.05, 4.69) is 4.98 Å². The Balaban J connectivity index is 2.63. The van der Waals surface area contributed by atoms with Gasteiger partial charge in [-0.15, -0.1) is 0 Å². The Morgan fingerprint density at radius 1 is 1.40 bits per heavy atom. The number of pyridine rings is 1. The van der Waals surface area contributed by atoms with Crippen LogP contribution in [0, 0.1) is 0 Å². The summed E-state index contributed by atoms with van der Waals surface area (Å²) in [6.45, 7) is 0. The van der Waals surface area contributed by atoms with E-state index >= 15 is 0 Å². The van der Waals surface area contributed by atoms with E-state index in [0.717, 1.165) is 36.8 Å². The molecule has 4 nitrogen and oxygen atoms in total. The molecule has 0 saturated carbocycles. The molecule has 1 heterocycles. The van der Waals surface area contributed by atoms with Crippen molar-refractivity contribution in [2.24, 2.45) is 0 Å². The summed E-state index contributed by atoms with van der Waals surface area (Å²) < 4.78 is 28.0. The summed E-state index contributed by atoms with van der Waals surface area (Å²) in [5.74, 6) is 0.651. The van der Waals surface area contributed by atoms with Crippen molar-refractivity contribution >= 4 is 9.84 Å². The number of aromatic nitrogens is 1. The molecule has 15 heavy (non-hydrogen) atoms. The van der Waals surface area contributed by atoms with Gasteiger partial charge in [-0.2, -0.15) is 0 Å². The highest BCUT2D eigenvalue weighted by molar-refractivity contribution is 7.90. The molecule has 0 amide bonds. The van der Waals surface area contributed by atoms with Crippen LogP contribution in [0.2, 0.25) is 0 Å². The first-order valence-electron chi connectivity index (χ1n) is 4.79. The highest BCUT2D eigenvalue weighted by Gasteiger charge is 2.21. The molecule has 1 aromatic heterocycles.